The van der Waals surface area contributed by atoms with Crippen LogP contribution in [0, 0.1) is 0 Å². The molecule has 0 aliphatic rings. The van der Waals surface area contributed by atoms with E-state index in [0.29, 0.717) is 19.4 Å². The Balaban J connectivity index is 3.34. The minimum absolute atomic E-state index is 0.0123. The van der Waals surface area contributed by atoms with Crippen LogP contribution in [0.1, 0.15) is 418 Å². The highest BCUT2D eigenvalue weighted by atomic mass is 16.5. The molecule has 6 heteroatoms. The monoisotopic (exact) mass is 1170 g/mol. The summed E-state index contributed by atoms with van der Waals surface area (Å²) in [6.45, 7) is 4.92. The van der Waals surface area contributed by atoms with Crippen molar-refractivity contribution in [3.05, 3.63) is 36.5 Å². The van der Waals surface area contributed by atoms with E-state index < -0.39 is 12.1 Å². The predicted molar refractivity (Wildman–Crippen MR) is 366 cm³/mol. The maximum atomic E-state index is 12.5. The van der Waals surface area contributed by atoms with Gasteiger partial charge in [-0.2, -0.15) is 0 Å². The average molecular weight is 1170 g/mol. The molecular formula is C77H147NO5. The number of carbonyl (C=O) groups excluding carboxylic acids is 2. The van der Waals surface area contributed by atoms with Crippen LogP contribution in [0.3, 0.4) is 0 Å². The molecule has 0 aliphatic carbocycles. The van der Waals surface area contributed by atoms with Crippen molar-refractivity contribution in [2.45, 2.75) is 431 Å². The lowest BCUT2D eigenvalue weighted by atomic mass is 10.0. The van der Waals surface area contributed by atoms with Crippen molar-refractivity contribution in [2.75, 3.05) is 13.2 Å². The number of aliphatic hydroxyl groups is 2. The second-order valence-corrected chi connectivity index (χ2v) is 26.0. The van der Waals surface area contributed by atoms with Gasteiger partial charge in [0.1, 0.15) is 0 Å². The van der Waals surface area contributed by atoms with Crippen molar-refractivity contribution in [1.82, 2.24) is 5.32 Å². The van der Waals surface area contributed by atoms with Crippen molar-refractivity contribution < 1.29 is 24.5 Å². The summed E-state index contributed by atoms with van der Waals surface area (Å²) in [6.07, 6.45) is 94.0. The number of amides is 1. The summed E-state index contributed by atoms with van der Waals surface area (Å²) in [7, 11) is 0. The number of hydrogen-bond acceptors (Lipinski definition) is 5. The first kappa shape index (κ1) is 81.1. The molecule has 0 bridgehead atoms. The lowest BCUT2D eigenvalue weighted by Crippen LogP contribution is -2.45. The summed E-state index contributed by atoms with van der Waals surface area (Å²) >= 11 is 0. The summed E-state index contributed by atoms with van der Waals surface area (Å²) in [5.74, 6) is -0.0488. The highest BCUT2D eigenvalue weighted by molar-refractivity contribution is 5.76. The van der Waals surface area contributed by atoms with Gasteiger partial charge in [-0.3, -0.25) is 9.59 Å². The van der Waals surface area contributed by atoms with Crippen LogP contribution in [-0.4, -0.2) is 47.4 Å². The van der Waals surface area contributed by atoms with Crippen LogP contribution < -0.4 is 5.32 Å². The quantitative estimate of drug-likeness (QED) is 0.0320. The van der Waals surface area contributed by atoms with Crippen molar-refractivity contribution >= 4 is 11.9 Å². The van der Waals surface area contributed by atoms with E-state index in [2.05, 4.69) is 43.5 Å². The Morgan fingerprint density at radius 2 is 0.566 bits per heavy atom. The number of aliphatic hydroxyl groups excluding tert-OH is 2. The average Bonchev–Trinajstić information content (AvgIpc) is 3.49. The van der Waals surface area contributed by atoms with E-state index in [1.54, 1.807) is 6.08 Å². The van der Waals surface area contributed by atoms with E-state index in [-0.39, 0.29) is 18.5 Å². The first-order valence-electron chi connectivity index (χ1n) is 37.8. The number of rotatable bonds is 71. The lowest BCUT2D eigenvalue weighted by Gasteiger charge is -2.20. The van der Waals surface area contributed by atoms with E-state index in [1.165, 1.54) is 347 Å². The van der Waals surface area contributed by atoms with Gasteiger partial charge in [0.2, 0.25) is 5.91 Å². The molecule has 2 unspecified atom stereocenters. The van der Waals surface area contributed by atoms with Gasteiger partial charge >= 0.3 is 5.97 Å². The molecule has 2 atom stereocenters. The first-order valence-corrected chi connectivity index (χ1v) is 37.8. The molecule has 0 rings (SSSR count). The Kier molecular flexibility index (Phi) is 70.9. The first-order chi connectivity index (χ1) is 41.0. The zero-order valence-electron chi connectivity index (χ0n) is 56.2. The fourth-order valence-corrected chi connectivity index (χ4v) is 11.9. The van der Waals surface area contributed by atoms with Gasteiger partial charge < -0.3 is 20.3 Å². The van der Waals surface area contributed by atoms with Crippen LogP contribution in [0.15, 0.2) is 36.5 Å². The maximum Gasteiger partial charge on any atom is 0.305 e. The molecule has 490 valence electrons. The van der Waals surface area contributed by atoms with Gasteiger partial charge in [-0.1, -0.05) is 359 Å². The molecule has 0 heterocycles. The van der Waals surface area contributed by atoms with Crippen molar-refractivity contribution in [2.24, 2.45) is 0 Å². The Labute approximate surface area is 519 Å². The Bertz CT molecular complexity index is 1340. The van der Waals surface area contributed by atoms with E-state index >= 15 is 0 Å². The molecule has 0 saturated heterocycles. The van der Waals surface area contributed by atoms with Crippen LogP contribution in [0.25, 0.3) is 0 Å². The van der Waals surface area contributed by atoms with Crippen LogP contribution in [0.5, 0.6) is 0 Å². The number of ether oxygens (including phenoxy) is 1. The van der Waals surface area contributed by atoms with E-state index in [1.807, 2.05) is 6.08 Å². The van der Waals surface area contributed by atoms with Crippen LogP contribution in [0.2, 0.25) is 0 Å². The highest BCUT2D eigenvalue weighted by Gasteiger charge is 2.18. The number of carbonyl (C=O) groups is 2. The second-order valence-electron chi connectivity index (χ2n) is 26.0. The number of unbranched alkanes of at least 4 members (excludes halogenated alkanes) is 56. The molecule has 83 heavy (non-hydrogen) atoms. The highest BCUT2D eigenvalue weighted by Crippen LogP contribution is 2.19. The van der Waals surface area contributed by atoms with Crippen LogP contribution in [-0.2, 0) is 14.3 Å². The SMILES string of the molecule is CCCCCC/C=C\CCCCCCCC(=O)OCCCCCCCCCCCCCCCCCC/C=C\CCCCCCCCCCCCCCCCCCCC(=O)NC(CO)C(O)/C=C/CCCCCCCCCCCCCCCC. The lowest BCUT2D eigenvalue weighted by molar-refractivity contribution is -0.143. The van der Waals surface area contributed by atoms with E-state index in [9.17, 15) is 19.8 Å². The summed E-state index contributed by atoms with van der Waals surface area (Å²) in [6, 6.07) is -0.625. The Morgan fingerprint density at radius 3 is 0.867 bits per heavy atom. The number of esters is 1. The molecule has 0 radical (unpaired) electrons. The van der Waals surface area contributed by atoms with Crippen LogP contribution >= 0.6 is 0 Å². The molecule has 0 saturated carbocycles. The Hall–Kier alpha value is -1.92. The summed E-state index contributed by atoms with van der Waals surface area (Å²) in [5.41, 5.74) is 0. The molecule has 0 fully saturated rings. The fraction of sp³-hybridized carbons (Fsp3) is 0.896. The molecule has 1 amide bonds. The third-order valence-corrected chi connectivity index (χ3v) is 17.6. The molecule has 0 aromatic rings. The number of nitrogens with one attached hydrogen (secondary N) is 1. The topological polar surface area (TPSA) is 95.9 Å². The second kappa shape index (κ2) is 72.6. The van der Waals surface area contributed by atoms with Gasteiger partial charge in [0.25, 0.3) is 0 Å². The van der Waals surface area contributed by atoms with E-state index in [0.717, 1.165) is 44.9 Å². The molecular weight excluding hydrogens is 1020 g/mol. The van der Waals surface area contributed by atoms with E-state index in [4.69, 9.17) is 4.74 Å². The third kappa shape index (κ3) is 69.1. The normalized spacial score (nSPS) is 12.7. The summed E-state index contributed by atoms with van der Waals surface area (Å²) in [4.78, 5) is 24.5. The van der Waals surface area contributed by atoms with Gasteiger partial charge in [-0.25, -0.2) is 0 Å². The van der Waals surface area contributed by atoms with Crippen molar-refractivity contribution in [3.63, 3.8) is 0 Å². The number of allylic oxidation sites excluding steroid dienone is 5. The number of hydrogen-bond donors (Lipinski definition) is 3. The van der Waals surface area contributed by atoms with Crippen molar-refractivity contribution in [3.8, 4) is 0 Å². The fourth-order valence-electron chi connectivity index (χ4n) is 11.9. The minimum atomic E-state index is -0.842. The predicted octanol–water partition coefficient (Wildman–Crippen LogP) is 24.7. The molecule has 0 aromatic heterocycles. The van der Waals surface area contributed by atoms with Crippen LogP contribution in [0.4, 0.5) is 0 Å². The Morgan fingerprint density at radius 1 is 0.325 bits per heavy atom. The van der Waals surface area contributed by atoms with Gasteiger partial charge in [-0.15, -0.1) is 0 Å². The third-order valence-electron chi connectivity index (χ3n) is 17.6. The summed E-state index contributed by atoms with van der Waals surface area (Å²) in [5, 5.41) is 23.2. The zero-order valence-corrected chi connectivity index (χ0v) is 56.2. The molecule has 0 spiro atoms. The standard InChI is InChI=1S/C77H147NO5/c1-3-5-7-9-11-13-15-17-18-42-46-49-53-57-61-65-69-75(80)74(73-79)78-76(81)70-66-62-58-54-50-47-43-40-38-36-34-32-30-28-26-24-22-20-19-21-23-25-27-29-31-33-35-37-39-41-44-48-52-56-60-64-68-72-83-77(82)71-67-63-59-55-51-45-16-14-12-10-8-6-4-2/h14,16,19,21,65,69,74-75,79-80H,3-13,15,17-18,20,22-64,66-68,70-73H2,1-2H3,(H,78,81)/b16-14-,21-19-,69-65+. The smallest absolute Gasteiger partial charge is 0.305 e. The molecule has 0 aliphatic heterocycles. The minimum Gasteiger partial charge on any atom is -0.466 e. The molecule has 6 nitrogen and oxygen atoms in total. The van der Waals surface area contributed by atoms with Gasteiger partial charge in [0, 0.05) is 12.8 Å². The zero-order chi connectivity index (χ0) is 59.9. The molecule has 0 aromatic carbocycles. The molecule has 3 N–H and O–H groups in total. The van der Waals surface area contributed by atoms with Crippen molar-refractivity contribution in [1.29, 1.82) is 0 Å². The summed E-state index contributed by atoms with van der Waals surface area (Å²) < 4.78 is 5.49. The maximum absolute atomic E-state index is 12.5. The van der Waals surface area contributed by atoms with Gasteiger partial charge in [-0.05, 0) is 83.5 Å². The van der Waals surface area contributed by atoms with Gasteiger partial charge in [0.15, 0.2) is 0 Å². The van der Waals surface area contributed by atoms with Gasteiger partial charge in [0.05, 0.1) is 25.4 Å². The largest absolute Gasteiger partial charge is 0.466 e.